The number of aliphatic imine (C=N–C) groups is 1. The number of carbonyl (C=O) groups is 1. The van der Waals surface area contributed by atoms with Crippen molar-refractivity contribution in [1.82, 2.24) is 4.90 Å². The van der Waals surface area contributed by atoms with E-state index in [1.165, 1.54) is 49.3 Å². The van der Waals surface area contributed by atoms with Crippen LogP contribution in [0.15, 0.2) is 29.3 Å². The summed E-state index contributed by atoms with van der Waals surface area (Å²) in [5.74, 6) is 3.85. The predicted octanol–water partition coefficient (Wildman–Crippen LogP) is 6.15. The lowest BCUT2D eigenvalue weighted by Gasteiger charge is -2.55. The van der Waals surface area contributed by atoms with Crippen molar-refractivity contribution in [1.29, 1.82) is 0 Å². The fourth-order valence-corrected chi connectivity index (χ4v) is 8.24. The van der Waals surface area contributed by atoms with Crippen LogP contribution < -0.4 is 5.32 Å². The van der Waals surface area contributed by atoms with Crippen molar-refractivity contribution in [3.05, 3.63) is 29.8 Å². The van der Waals surface area contributed by atoms with Crippen molar-refractivity contribution in [2.75, 3.05) is 17.6 Å². The molecule has 4 bridgehead atoms. The third-order valence-corrected chi connectivity index (χ3v) is 9.10. The Hall–Kier alpha value is -1.20. The van der Waals surface area contributed by atoms with E-state index in [4.69, 9.17) is 4.99 Å². The number of thioether (sulfide) groups is 1. The minimum Gasteiger partial charge on any atom is -0.347 e. The van der Waals surface area contributed by atoms with Crippen molar-refractivity contribution in [2.24, 2.45) is 22.7 Å². The third kappa shape index (κ3) is 4.99. The Morgan fingerprint density at radius 3 is 2.28 bits per heavy atom. The number of nitrogens with one attached hydrogen (secondary N) is 1. The lowest BCUT2D eigenvalue weighted by Crippen LogP contribution is -2.50. The average molecular weight is 476 g/mol. The highest BCUT2D eigenvalue weighted by molar-refractivity contribution is 8.14. The predicted molar refractivity (Wildman–Crippen MR) is 138 cm³/mol. The molecule has 1 unspecified atom stereocenters. The minimum atomic E-state index is 0. The zero-order valence-corrected chi connectivity index (χ0v) is 21.1. The van der Waals surface area contributed by atoms with Gasteiger partial charge in [-0.1, -0.05) is 37.7 Å². The number of hydrogen-bond donors (Lipinski definition) is 1. The number of halogens is 1. The van der Waals surface area contributed by atoms with Gasteiger partial charge in [-0.3, -0.25) is 9.79 Å². The molecule has 176 valence electrons. The standard InChI is InChI=1S/C26H37N3OS.ClH/c1-3-9-29-23(13-24(30)27-22-7-5-18(4-2)6-8-22)17-31-25(29)28-26-14-19-10-20(15-26)12-21(11-19)16-26;/h5-8,19-21,23H,3-4,9-17H2,1-2H3,(H,27,30);1H/b28-25-;. The summed E-state index contributed by atoms with van der Waals surface area (Å²) in [6.45, 7) is 5.38. The Morgan fingerprint density at radius 2 is 1.72 bits per heavy atom. The first-order chi connectivity index (χ1) is 15.1. The second kappa shape index (κ2) is 9.97. The summed E-state index contributed by atoms with van der Waals surface area (Å²) in [6.07, 6.45) is 10.9. The average Bonchev–Trinajstić information content (AvgIpc) is 3.08. The van der Waals surface area contributed by atoms with E-state index >= 15 is 0 Å². The number of hydrogen-bond acceptors (Lipinski definition) is 3. The van der Waals surface area contributed by atoms with Crippen LogP contribution in [0.1, 0.15) is 70.8 Å². The SMILES string of the molecule is CCCN1/C(=N/C23CC4CC(CC(C4)C2)C3)SCC1CC(=O)Nc1ccc(CC)cc1.Cl. The Labute approximate surface area is 203 Å². The Morgan fingerprint density at radius 1 is 1.09 bits per heavy atom. The zero-order valence-electron chi connectivity index (χ0n) is 19.5. The van der Waals surface area contributed by atoms with Crippen LogP contribution in [0, 0.1) is 17.8 Å². The molecule has 1 aliphatic heterocycles. The molecule has 0 radical (unpaired) electrons. The van der Waals surface area contributed by atoms with Gasteiger partial charge in [0, 0.05) is 30.4 Å². The normalized spacial score (nSPS) is 34.1. The third-order valence-electron chi connectivity index (χ3n) is 7.96. The lowest BCUT2D eigenvalue weighted by molar-refractivity contribution is -0.116. The smallest absolute Gasteiger partial charge is 0.226 e. The molecule has 32 heavy (non-hydrogen) atoms. The van der Waals surface area contributed by atoms with Crippen LogP contribution in [-0.4, -0.2) is 39.9 Å². The van der Waals surface area contributed by atoms with E-state index in [0.717, 1.165) is 48.6 Å². The number of anilines is 1. The minimum absolute atomic E-state index is 0. The van der Waals surface area contributed by atoms with E-state index in [1.54, 1.807) is 0 Å². The van der Waals surface area contributed by atoms with Crippen molar-refractivity contribution in [2.45, 2.75) is 83.2 Å². The van der Waals surface area contributed by atoms with Crippen LogP contribution in [-0.2, 0) is 11.2 Å². The van der Waals surface area contributed by atoms with Crippen molar-refractivity contribution in [3.8, 4) is 0 Å². The van der Waals surface area contributed by atoms with E-state index in [-0.39, 0.29) is 29.9 Å². The number of amides is 1. The van der Waals surface area contributed by atoms with E-state index in [2.05, 4.69) is 36.2 Å². The van der Waals surface area contributed by atoms with Crippen LogP contribution >= 0.6 is 24.2 Å². The van der Waals surface area contributed by atoms with Gasteiger partial charge in [0.05, 0.1) is 5.54 Å². The monoisotopic (exact) mass is 475 g/mol. The Kier molecular flexibility index (Phi) is 7.46. The molecule has 6 heteroatoms. The van der Waals surface area contributed by atoms with E-state index in [9.17, 15) is 4.79 Å². The summed E-state index contributed by atoms with van der Waals surface area (Å²) in [4.78, 5) is 20.8. The maximum Gasteiger partial charge on any atom is 0.226 e. The quantitative estimate of drug-likeness (QED) is 0.514. The fourth-order valence-electron chi connectivity index (χ4n) is 6.94. The van der Waals surface area contributed by atoms with Gasteiger partial charge >= 0.3 is 0 Å². The second-order valence-electron chi connectivity index (χ2n) is 10.5. The number of rotatable bonds is 7. The number of benzene rings is 1. The van der Waals surface area contributed by atoms with Crippen LogP contribution in [0.5, 0.6) is 0 Å². The molecular formula is C26H38ClN3OS. The van der Waals surface area contributed by atoms with E-state index < -0.39 is 0 Å². The van der Waals surface area contributed by atoms with Gasteiger partial charge < -0.3 is 10.2 Å². The summed E-state index contributed by atoms with van der Waals surface area (Å²) in [7, 11) is 0. The molecule has 1 amide bonds. The van der Waals surface area contributed by atoms with E-state index in [0.29, 0.717) is 6.42 Å². The first-order valence-corrected chi connectivity index (χ1v) is 13.4. The van der Waals surface area contributed by atoms with E-state index in [1.807, 2.05) is 23.9 Å². The summed E-state index contributed by atoms with van der Waals surface area (Å²) >= 11 is 1.90. The summed E-state index contributed by atoms with van der Waals surface area (Å²) in [5.41, 5.74) is 2.41. The highest BCUT2D eigenvalue weighted by Crippen LogP contribution is 2.57. The molecule has 6 rings (SSSR count). The van der Waals surface area contributed by atoms with Crippen LogP contribution in [0.2, 0.25) is 0 Å². The maximum atomic E-state index is 12.8. The molecule has 5 aliphatic rings. The van der Waals surface area contributed by atoms with Gasteiger partial charge in [0.2, 0.25) is 5.91 Å². The maximum absolute atomic E-state index is 12.8. The summed E-state index contributed by atoms with van der Waals surface area (Å²) < 4.78 is 0. The molecule has 0 spiro atoms. The molecule has 1 aromatic carbocycles. The van der Waals surface area contributed by atoms with Gasteiger partial charge in [-0.25, -0.2) is 0 Å². The van der Waals surface area contributed by atoms with Gasteiger partial charge in [0.1, 0.15) is 0 Å². The van der Waals surface area contributed by atoms with Crippen LogP contribution in [0.3, 0.4) is 0 Å². The molecule has 1 heterocycles. The summed E-state index contributed by atoms with van der Waals surface area (Å²) in [6, 6.07) is 8.49. The van der Waals surface area contributed by atoms with Crippen molar-refractivity contribution < 1.29 is 4.79 Å². The molecule has 1 saturated heterocycles. The number of aryl methyl sites for hydroxylation is 1. The molecule has 4 nitrogen and oxygen atoms in total. The molecule has 1 aromatic rings. The summed E-state index contributed by atoms with van der Waals surface area (Å²) in [5, 5.41) is 4.34. The molecule has 5 fully saturated rings. The molecule has 4 aliphatic carbocycles. The van der Waals surface area contributed by atoms with Gasteiger partial charge in [-0.2, -0.15) is 0 Å². The molecule has 0 aromatic heterocycles. The molecule has 1 atom stereocenters. The molecule has 4 saturated carbocycles. The Balaban J connectivity index is 0.00000245. The number of carbonyl (C=O) groups excluding carboxylic acids is 1. The highest BCUT2D eigenvalue weighted by atomic mass is 35.5. The number of nitrogens with zero attached hydrogens (tertiary/aromatic N) is 2. The highest BCUT2D eigenvalue weighted by Gasteiger charge is 2.51. The van der Waals surface area contributed by atoms with Gasteiger partial charge in [0.15, 0.2) is 5.17 Å². The Bertz CT molecular complexity index is 805. The van der Waals surface area contributed by atoms with Gasteiger partial charge in [0.25, 0.3) is 0 Å². The molecular weight excluding hydrogens is 438 g/mol. The lowest BCUT2D eigenvalue weighted by atomic mass is 9.53. The fraction of sp³-hybridized carbons (Fsp3) is 0.692. The van der Waals surface area contributed by atoms with Crippen LogP contribution in [0.4, 0.5) is 5.69 Å². The van der Waals surface area contributed by atoms with Gasteiger partial charge in [-0.15, -0.1) is 12.4 Å². The molecule has 1 N–H and O–H groups in total. The van der Waals surface area contributed by atoms with Crippen molar-refractivity contribution >= 4 is 40.9 Å². The zero-order chi connectivity index (χ0) is 21.4. The van der Waals surface area contributed by atoms with Crippen molar-refractivity contribution in [3.63, 3.8) is 0 Å². The van der Waals surface area contributed by atoms with Gasteiger partial charge in [-0.05, 0) is 86.8 Å². The first-order valence-electron chi connectivity index (χ1n) is 12.4. The number of amidine groups is 1. The first kappa shape index (κ1) is 23.9. The topological polar surface area (TPSA) is 44.7 Å². The second-order valence-corrected chi connectivity index (χ2v) is 11.5. The largest absolute Gasteiger partial charge is 0.347 e. The van der Waals surface area contributed by atoms with Crippen LogP contribution in [0.25, 0.3) is 0 Å².